The van der Waals surface area contributed by atoms with Crippen LogP contribution in [0.4, 0.5) is 0 Å². The molecule has 0 spiro atoms. The van der Waals surface area contributed by atoms with Crippen LogP contribution in [0.3, 0.4) is 0 Å². The normalized spacial score (nSPS) is 12.3. The summed E-state index contributed by atoms with van der Waals surface area (Å²) in [5.74, 6) is -0.0478. The lowest BCUT2D eigenvalue weighted by Crippen LogP contribution is -2.37. The van der Waals surface area contributed by atoms with Crippen molar-refractivity contribution in [3.63, 3.8) is 0 Å². The predicted molar refractivity (Wildman–Crippen MR) is 64.6 cm³/mol. The van der Waals surface area contributed by atoms with Crippen molar-refractivity contribution in [2.45, 2.75) is 26.8 Å². The molecule has 0 fully saturated rings. The number of benzene rings is 1. The third-order valence-electron chi connectivity index (χ3n) is 2.71. The smallest absolute Gasteiger partial charge is 0.253 e. The van der Waals surface area contributed by atoms with Gasteiger partial charge in [0, 0.05) is 12.6 Å². The Morgan fingerprint density at radius 2 is 1.81 bits per heavy atom. The van der Waals surface area contributed by atoms with Gasteiger partial charge in [0.1, 0.15) is 0 Å². The molecule has 0 aliphatic heterocycles. The van der Waals surface area contributed by atoms with E-state index in [1.54, 1.807) is 11.9 Å². The van der Waals surface area contributed by atoms with Gasteiger partial charge in [-0.25, -0.2) is 0 Å². The molecular formula is C13H19NO2. The molecule has 1 aromatic carbocycles. The third-order valence-corrected chi connectivity index (χ3v) is 2.71. The first-order chi connectivity index (χ1) is 7.45. The van der Waals surface area contributed by atoms with Crippen molar-refractivity contribution in [1.29, 1.82) is 0 Å². The van der Waals surface area contributed by atoms with E-state index in [0.29, 0.717) is 5.56 Å². The van der Waals surface area contributed by atoms with Gasteiger partial charge < -0.3 is 10.0 Å². The number of hydrogen-bond acceptors (Lipinski definition) is 2. The second-order valence-corrected chi connectivity index (χ2v) is 4.32. The summed E-state index contributed by atoms with van der Waals surface area (Å²) in [5.41, 5.74) is 2.84. The Labute approximate surface area is 96.7 Å². The average molecular weight is 221 g/mol. The molecule has 0 aromatic heterocycles. The zero-order chi connectivity index (χ0) is 12.3. The molecule has 16 heavy (non-hydrogen) atoms. The van der Waals surface area contributed by atoms with Crippen LogP contribution >= 0.6 is 0 Å². The minimum absolute atomic E-state index is 0.0208. The van der Waals surface area contributed by atoms with Gasteiger partial charge in [-0.2, -0.15) is 0 Å². The molecule has 3 heteroatoms. The monoisotopic (exact) mass is 221 g/mol. The standard InChI is InChI=1S/C13H19NO2/c1-9-5-10(2)7-12(6-9)13(16)14(4)11(3)8-15/h5-7,11,15H,8H2,1-4H3. The van der Waals surface area contributed by atoms with Crippen LogP contribution in [0.5, 0.6) is 0 Å². The number of nitrogens with zero attached hydrogens (tertiary/aromatic N) is 1. The van der Waals surface area contributed by atoms with Gasteiger partial charge in [-0.15, -0.1) is 0 Å². The van der Waals surface area contributed by atoms with E-state index in [2.05, 4.69) is 0 Å². The molecule has 1 rings (SSSR count). The Bertz CT molecular complexity index is 367. The molecule has 0 aliphatic rings. The summed E-state index contributed by atoms with van der Waals surface area (Å²) < 4.78 is 0. The van der Waals surface area contributed by atoms with E-state index >= 15 is 0 Å². The predicted octanol–water partition coefficient (Wildman–Crippen LogP) is 1.76. The van der Waals surface area contributed by atoms with E-state index in [-0.39, 0.29) is 18.6 Å². The quantitative estimate of drug-likeness (QED) is 0.845. The van der Waals surface area contributed by atoms with Crippen molar-refractivity contribution >= 4 is 5.91 Å². The van der Waals surface area contributed by atoms with Gasteiger partial charge in [0.15, 0.2) is 0 Å². The van der Waals surface area contributed by atoms with Gasteiger partial charge in [0.05, 0.1) is 12.6 Å². The number of likely N-dealkylation sites (N-methyl/N-ethyl adjacent to an activating group) is 1. The Morgan fingerprint density at radius 3 is 2.25 bits per heavy atom. The Balaban J connectivity index is 2.96. The summed E-state index contributed by atoms with van der Waals surface area (Å²) in [6.07, 6.45) is 0. The van der Waals surface area contributed by atoms with Crippen molar-refractivity contribution in [2.24, 2.45) is 0 Å². The molecule has 1 amide bonds. The Hall–Kier alpha value is -1.35. The minimum Gasteiger partial charge on any atom is -0.394 e. The zero-order valence-electron chi connectivity index (χ0n) is 10.3. The van der Waals surface area contributed by atoms with E-state index in [4.69, 9.17) is 5.11 Å². The number of carbonyl (C=O) groups is 1. The number of hydrogen-bond donors (Lipinski definition) is 1. The number of aliphatic hydroxyl groups is 1. The summed E-state index contributed by atoms with van der Waals surface area (Å²) in [7, 11) is 1.71. The molecule has 0 saturated heterocycles. The zero-order valence-corrected chi connectivity index (χ0v) is 10.3. The molecule has 1 atom stereocenters. The number of rotatable bonds is 3. The second-order valence-electron chi connectivity index (χ2n) is 4.32. The number of aryl methyl sites for hydroxylation is 2. The van der Waals surface area contributed by atoms with E-state index in [0.717, 1.165) is 11.1 Å². The first kappa shape index (κ1) is 12.7. The SMILES string of the molecule is Cc1cc(C)cc(C(=O)N(C)C(C)CO)c1. The lowest BCUT2D eigenvalue weighted by atomic mass is 10.1. The first-order valence-electron chi connectivity index (χ1n) is 5.42. The van der Waals surface area contributed by atoms with Crippen molar-refractivity contribution in [3.8, 4) is 0 Å². The average Bonchev–Trinajstić information content (AvgIpc) is 2.24. The maximum atomic E-state index is 12.1. The van der Waals surface area contributed by atoms with Gasteiger partial charge in [-0.3, -0.25) is 4.79 Å². The summed E-state index contributed by atoms with van der Waals surface area (Å²) in [6, 6.07) is 5.62. The van der Waals surface area contributed by atoms with Crippen LogP contribution in [-0.2, 0) is 0 Å². The summed E-state index contributed by atoms with van der Waals surface area (Å²) in [5, 5.41) is 9.02. The van der Waals surface area contributed by atoms with E-state index < -0.39 is 0 Å². The van der Waals surface area contributed by atoms with Crippen LogP contribution in [-0.4, -0.2) is 35.6 Å². The van der Waals surface area contributed by atoms with Crippen LogP contribution in [0.25, 0.3) is 0 Å². The molecule has 0 heterocycles. The minimum atomic E-state index is -0.159. The fourth-order valence-electron chi connectivity index (χ4n) is 1.62. The maximum absolute atomic E-state index is 12.1. The summed E-state index contributed by atoms with van der Waals surface area (Å²) >= 11 is 0. The van der Waals surface area contributed by atoms with E-state index in [1.165, 1.54) is 0 Å². The van der Waals surface area contributed by atoms with E-state index in [1.807, 2.05) is 39.0 Å². The molecular weight excluding hydrogens is 202 g/mol. The summed E-state index contributed by atoms with van der Waals surface area (Å²) in [4.78, 5) is 13.6. The van der Waals surface area contributed by atoms with Crippen molar-refractivity contribution < 1.29 is 9.90 Å². The van der Waals surface area contributed by atoms with Crippen LogP contribution in [0.2, 0.25) is 0 Å². The molecule has 0 bridgehead atoms. The Morgan fingerprint density at radius 1 is 1.31 bits per heavy atom. The van der Waals surface area contributed by atoms with Gasteiger partial charge >= 0.3 is 0 Å². The summed E-state index contributed by atoms with van der Waals surface area (Å²) in [6.45, 7) is 5.74. The number of carbonyl (C=O) groups excluding carboxylic acids is 1. The lowest BCUT2D eigenvalue weighted by molar-refractivity contribution is 0.0682. The number of amides is 1. The van der Waals surface area contributed by atoms with Crippen molar-refractivity contribution in [1.82, 2.24) is 4.90 Å². The molecule has 0 saturated carbocycles. The van der Waals surface area contributed by atoms with Gasteiger partial charge in [0.2, 0.25) is 0 Å². The van der Waals surface area contributed by atoms with Gasteiger partial charge in [0.25, 0.3) is 5.91 Å². The van der Waals surface area contributed by atoms with Gasteiger partial charge in [-0.1, -0.05) is 17.2 Å². The fourth-order valence-corrected chi connectivity index (χ4v) is 1.62. The fraction of sp³-hybridized carbons (Fsp3) is 0.462. The van der Waals surface area contributed by atoms with Crippen molar-refractivity contribution in [3.05, 3.63) is 34.9 Å². The van der Waals surface area contributed by atoms with E-state index in [9.17, 15) is 4.79 Å². The highest BCUT2D eigenvalue weighted by atomic mass is 16.3. The topological polar surface area (TPSA) is 40.5 Å². The lowest BCUT2D eigenvalue weighted by Gasteiger charge is -2.23. The van der Waals surface area contributed by atoms with Crippen LogP contribution in [0, 0.1) is 13.8 Å². The molecule has 3 nitrogen and oxygen atoms in total. The highest BCUT2D eigenvalue weighted by Crippen LogP contribution is 2.12. The molecule has 88 valence electrons. The second kappa shape index (κ2) is 5.12. The largest absolute Gasteiger partial charge is 0.394 e. The van der Waals surface area contributed by atoms with Crippen LogP contribution in [0.15, 0.2) is 18.2 Å². The third kappa shape index (κ3) is 2.83. The van der Waals surface area contributed by atoms with Crippen LogP contribution < -0.4 is 0 Å². The molecule has 1 unspecified atom stereocenters. The molecule has 1 N–H and O–H groups in total. The first-order valence-corrected chi connectivity index (χ1v) is 5.42. The van der Waals surface area contributed by atoms with Gasteiger partial charge in [-0.05, 0) is 32.9 Å². The highest BCUT2D eigenvalue weighted by molar-refractivity contribution is 5.94. The van der Waals surface area contributed by atoms with Crippen molar-refractivity contribution in [2.75, 3.05) is 13.7 Å². The molecule has 1 aromatic rings. The molecule has 0 aliphatic carbocycles. The number of aliphatic hydroxyl groups excluding tert-OH is 1. The molecule has 0 radical (unpaired) electrons. The highest BCUT2D eigenvalue weighted by Gasteiger charge is 2.16. The Kier molecular flexibility index (Phi) is 4.07. The maximum Gasteiger partial charge on any atom is 0.253 e. The van der Waals surface area contributed by atoms with Crippen LogP contribution in [0.1, 0.15) is 28.4 Å².